The third-order valence-corrected chi connectivity index (χ3v) is 3.43. The summed E-state index contributed by atoms with van der Waals surface area (Å²) in [5.74, 6) is -0.346. The van der Waals surface area contributed by atoms with Crippen LogP contribution < -0.4 is 0 Å². The first-order valence-electron chi connectivity index (χ1n) is 6.14. The Kier molecular flexibility index (Phi) is 4.48. The standard InChI is InChI=1S/C15H21FN2/c1-11(15(2,3)4)18(5)10-13-6-12(9-17)7-14(16)8-13/h6-8,11H,10H2,1-5H3. The van der Waals surface area contributed by atoms with Crippen molar-refractivity contribution in [1.29, 1.82) is 5.26 Å². The van der Waals surface area contributed by atoms with Gasteiger partial charge in [-0.1, -0.05) is 20.8 Å². The largest absolute Gasteiger partial charge is 0.299 e. The Morgan fingerprint density at radius 2 is 1.94 bits per heavy atom. The summed E-state index contributed by atoms with van der Waals surface area (Å²) in [5.41, 5.74) is 1.38. The molecule has 0 aromatic heterocycles. The molecule has 0 amide bonds. The number of benzene rings is 1. The van der Waals surface area contributed by atoms with E-state index in [2.05, 4.69) is 32.6 Å². The van der Waals surface area contributed by atoms with Gasteiger partial charge in [0.05, 0.1) is 11.6 Å². The van der Waals surface area contributed by atoms with E-state index in [0.717, 1.165) is 5.56 Å². The minimum Gasteiger partial charge on any atom is -0.299 e. The molecule has 0 radical (unpaired) electrons. The Balaban J connectivity index is 2.85. The van der Waals surface area contributed by atoms with E-state index in [9.17, 15) is 4.39 Å². The molecule has 98 valence electrons. The van der Waals surface area contributed by atoms with E-state index in [1.807, 2.05) is 13.1 Å². The molecule has 1 aromatic carbocycles. The number of halogens is 1. The summed E-state index contributed by atoms with van der Waals surface area (Å²) in [5, 5.41) is 8.83. The minimum absolute atomic E-state index is 0.167. The van der Waals surface area contributed by atoms with E-state index in [0.29, 0.717) is 18.2 Å². The monoisotopic (exact) mass is 248 g/mol. The maximum Gasteiger partial charge on any atom is 0.124 e. The van der Waals surface area contributed by atoms with Gasteiger partial charge in [0.15, 0.2) is 0 Å². The van der Waals surface area contributed by atoms with Gasteiger partial charge in [0.25, 0.3) is 0 Å². The van der Waals surface area contributed by atoms with Crippen molar-refractivity contribution in [2.75, 3.05) is 7.05 Å². The third kappa shape index (κ3) is 3.82. The lowest BCUT2D eigenvalue weighted by molar-refractivity contribution is 0.134. The highest BCUT2D eigenvalue weighted by Crippen LogP contribution is 2.24. The molecule has 0 spiro atoms. The molecule has 1 rings (SSSR count). The lowest BCUT2D eigenvalue weighted by Crippen LogP contribution is -2.38. The van der Waals surface area contributed by atoms with Crippen LogP contribution >= 0.6 is 0 Å². The van der Waals surface area contributed by atoms with Crippen molar-refractivity contribution in [2.24, 2.45) is 5.41 Å². The molecule has 0 aliphatic rings. The molecule has 0 aliphatic carbocycles. The van der Waals surface area contributed by atoms with Crippen LogP contribution in [-0.2, 0) is 6.54 Å². The van der Waals surface area contributed by atoms with Gasteiger partial charge in [0.1, 0.15) is 5.82 Å². The molecule has 0 heterocycles. The van der Waals surface area contributed by atoms with Gasteiger partial charge < -0.3 is 0 Å². The summed E-state index contributed by atoms with van der Waals surface area (Å²) >= 11 is 0. The second kappa shape index (κ2) is 5.49. The molecule has 0 fully saturated rings. The summed E-state index contributed by atoms with van der Waals surface area (Å²) in [6.07, 6.45) is 0. The van der Waals surface area contributed by atoms with Gasteiger partial charge in [0.2, 0.25) is 0 Å². The van der Waals surface area contributed by atoms with Gasteiger partial charge >= 0.3 is 0 Å². The van der Waals surface area contributed by atoms with Crippen LogP contribution in [0, 0.1) is 22.6 Å². The molecule has 2 nitrogen and oxygen atoms in total. The molecule has 1 aromatic rings. The van der Waals surface area contributed by atoms with Gasteiger partial charge in [-0.3, -0.25) is 4.90 Å². The van der Waals surface area contributed by atoms with Gasteiger partial charge in [-0.2, -0.15) is 5.26 Å². The number of hydrogen-bond donors (Lipinski definition) is 0. The first-order valence-corrected chi connectivity index (χ1v) is 6.14. The Bertz CT molecular complexity index is 455. The van der Waals surface area contributed by atoms with Crippen LogP contribution in [0.15, 0.2) is 18.2 Å². The summed E-state index contributed by atoms with van der Waals surface area (Å²) in [7, 11) is 2.02. The minimum atomic E-state index is -0.346. The van der Waals surface area contributed by atoms with Crippen molar-refractivity contribution in [2.45, 2.75) is 40.3 Å². The normalized spacial score (nSPS) is 13.4. The van der Waals surface area contributed by atoms with E-state index in [1.54, 1.807) is 6.07 Å². The predicted molar refractivity (Wildman–Crippen MR) is 71.5 cm³/mol. The van der Waals surface area contributed by atoms with Crippen LogP contribution in [0.5, 0.6) is 0 Å². The summed E-state index contributed by atoms with van der Waals surface area (Å²) in [4.78, 5) is 2.18. The SMILES string of the molecule is CC(N(C)Cc1cc(F)cc(C#N)c1)C(C)(C)C. The van der Waals surface area contributed by atoms with Crippen molar-refractivity contribution < 1.29 is 4.39 Å². The van der Waals surface area contributed by atoms with E-state index in [1.165, 1.54) is 12.1 Å². The molecule has 18 heavy (non-hydrogen) atoms. The van der Waals surface area contributed by atoms with Crippen LogP contribution in [-0.4, -0.2) is 18.0 Å². The molecular weight excluding hydrogens is 227 g/mol. The quantitative estimate of drug-likeness (QED) is 0.817. The summed E-state index contributed by atoms with van der Waals surface area (Å²) in [6.45, 7) is 9.34. The number of hydrogen-bond acceptors (Lipinski definition) is 2. The van der Waals surface area contributed by atoms with Crippen molar-refractivity contribution in [3.63, 3.8) is 0 Å². The zero-order chi connectivity index (χ0) is 13.9. The van der Waals surface area contributed by atoms with E-state index < -0.39 is 0 Å². The first-order chi connectivity index (χ1) is 8.24. The highest BCUT2D eigenvalue weighted by Gasteiger charge is 2.23. The summed E-state index contributed by atoms with van der Waals surface area (Å²) in [6, 6.07) is 6.85. The van der Waals surface area contributed by atoms with Crippen LogP contribution in [0.25, 0.3) is 0 Å². The smallest absolute Gasteiger partial charge is 0.124 e. The molecule has 0 saturated carbocycles. The highest BCUT2D eigenvalue weighted by molar-refractivity contribution is 5.33. The molecule has 0 aliphatic heterocycles. The number of nitriles is 1. The number of nitrogens with zero attached hydrogens (tertiary/aromatic N) is 2. The van der Waals surface area contributed by atoms with Crippen LogP contribution in [0.1, 0.15) is 38.8 Å². The van der Waals surface area contributed by atoms with E-state index in [-0.39, 0.29) is 11.2 Å². The molecule has 1 atom stereocenters. The second-order valence-corrected chi connectivity index (χ2v) is 5.92. The van der Waals surface area contributed by atoms with E-state index in [4.69, 9.17) is 5.26 Å². The molecule has 1 unspecified atom stereocenters. The van der Waals surface area contributed by atoms with E-state index >= 15 is 0 Å². The fourth-order valence-electron chi connectivity index (χ4n) is 1.89. The maximum atomic E-state index is 13.3. The Hall–Kier alpha value is -1.40. The zero-order valence-electron chi connectivity index (χ0n) is 11.8. The predicted octanol–water partition coefficient (Wildman–Crippen LogP) is 3.56. The fraction of sp³-hybridized carbons (Fsp3) is 0.533. The van der Waals surface area contributed by atoms with Crippen molar-refractivity contribution >= 4 is 0 Å². The lowest BCUT2D eigenvalue weighted by atomic mass is 9.87. The van der Waals surface area contributed by atoms with Crippen LogP contribution in [0.2, 0.25) is 0 Å². The Morgan fingerprint density at radius 3 is 2.44 bits per heavy atom. The molecular formula is C15H21FN2. The first kappa shape index (κ1) is 14.7. The second-order valence-electron chi connectivity index (χ2n) is 5.92. The summed E-state index contributed by atoms with van der Waals surface area (Å²) < 4.78 is 13.3. The van der Waals surface area contributed by atoms with Crippen LogP contribution in [0.3, 0.4) is 0 Å². The average Bonchev–Trinajstić information content (AvgIpc) is 2.25. The topological polar surface area (TPSA) is 27.0 Å². The highest BCUT2D eigenvalue weighted by atomic mass is 19.1. The molecule has 0 N–H and O–H groups in total. The van der Waals surface area contributed by atoms with Gasteiger partial charge in [-0.05, 0) is 43.1 Å². The van der Waals surface area contributed by atoms with Crippen LogP contribution in [0.4, 0.5) is 4.39 Å². The fourth-order valence-corrected chi connectivity index (χ4v) is 1.89. The lowest BCUT2D eigenvalue weighted by Gasteiger charge is -2.35. The van der Waals surface area contributed by atoms with Crippen molar-refractivity contribution in [3.05, 3.63) is 35.1 Å². The Labute approximate surface area is 109 Å². The van der Waals surface area contributed by atoms with Gasteiger partial charge in [-0.25, -0.2) is 4.39 Å². The average molecular weight is 248 g/mol. The Morgan fingerprint density at radius 1 is 1.33 bits per heavy atom. The molecule has 0 saturated heterocycles. The maximum absolute atomic E-state index is 13.3. The van der Waals surface area contributed by atoms with Gasteiger partial charge in [0, 0.05) is 12.6 Å². The van der Waals surface area contributed by atoms with Crippen molar-refractivity contribution in [1.82, 2.24) is 4.90 Å². The van der Waals surface area contributed by atoms with Gasteiger partial charge in [-0.15, -0.1) is 0 Å². The third-order valence-electron chi connectivity index (χ3n) is 3.43. The molecule has 0 bridgehead atoms. The zero-order valence-corrected chi connectivity index (χ0v) is 11.8. The molecule has 3 heteroatoms. The van der Waals surface area contributed by atoms with Crippen molar-refractivity contribution in [3.8, 4) is 6.07 Å². The number of rotatable bonds is 3.